The van der Waals surface area contributed by atoms with Gasteiger partial charge in [-0.25, -0.2) is 9.97 Å². The largest absolute Gasteiger partial charge is 0.358 e. The van der Waals surface area contributed by atoms with E-state index in [9.17, 15) is 4.79 Å². The van der Waals surface area contributed by atoms with Crippen LogP contribution < -0.4 is 10.6 Å². The van der Waals surface area contributed by atoms with E-state index >= 15 is 0 Å². The Morgan fingerprint density at radius 1 is 1.25 bits per heavy atom. The average Bonchev–Trinajstić information content (AvgIpc) is 2.63. The summed E-state index contributed by atoms with van der Waals surface area (Å²) in [6.45, 7) is 2.35. The fourth-order valence-electron chi connectivity index (χ4n) is 3.09. The van der Waals surface area contributed by atoms with E-state index in [2.05, 4.69) is 37.6 Å². The summed E-state index contributed by atoms with van der Waals surface area (Å²) in [5, 5.41) is 5.93. The molecular formula is C18H23N5O. The highest BCUT2D eigenvalue weighted by atomic mass is 16.1. The maximum atomic E-state index is 11.6. The monoisotopic (exact) mass is 325 g/mol. The molecule has 24 heavy (non-hydrogen) atoms. The molecule has 1 saturated heterocycles. The van der Waals surface area contributed by atoms with Gasteiger partial charge in [0.05, 0.1) is 6.54 Å². The number of amides is 1. The molecule has 1 aliphatic heterocycles. The van der Waals surface area contributed by atoms with E-state index in [0.29, 0.717) is 12.5 Å². The molecule has 1 aliphatic rings. The lowest BCUT2D eigenvalue weighted by molar-refractivity contribution is -0.122. The molecule has 1 amide bonds. The Morgan fingerprint density at radius 3 is 2.92 bits per heavy atom. The number of nitrogens with one attached hydrogen (secondary N) is 2. The van der Waals surface area contributed by atoms with Crippen LogP contribution in [0.15, 0.2) is 42.7 Å². The first-order chi connectivity index (χ1) is 11.7. The minimum atomic E-state index is 0.0721. The molecule has 2 aromatic rings. The van der Waals surface area contributed by atoms with Crippen LogP contribution in [0.1, 0.15) is 24.3 Å². The second kappa shape index (κ2) is 7.88. The zero-order chi connectivity index (χ0) is 16.8. The van der Waals surface area contributed by atoms with Crippen LogP contribution in [0.4, 0.5) is 11.6 Å². The number of aromatic nitrogens is 2. The Bertz CT molecular complexity index is 676. The van der Waals surface area contributed by atoms with Crippen LogP contribution in [0.25, 0.3) is 0 Å². The third kappa shape index (κ3) is 4.29. The lowest BCUT2D eigenvalue weighted by Crippen LogP contribution is -2.41. The lowest BCUT2D eigenvalue weighted by atomic mass is 9.91. The molecule has 0 unspecified atom stereocenters. The molecule has 3 rings (SSSR count). The summed E-state index contributed by atoms with van der Waals surface area (Å²) in [4.78, 5) is 22.5. The SMILES string of the molecule is CNC(=O)CN1CCC[C@H](c2ccnc(Nc3ccccn3)c2)C1. The fourth-order valence-corrected chi connectivity index (χ4v) is 3.09. The molecule has 0 bridgehead atoms. The molecule has 0 aromatic carbocycles. The first-order valence-electron chi connectivity index (χ1n) is 8.31. The summed E-state index contributed by atoms with van der Waals surface area (Å²) in [6, 6.07) is 9.90. The van der Waals surface area contributed by atoms with Crippen LogP contribution in [0.2, 0.25) is 0 Å². The van der Waals surface area contributed by atoms with Crippen molar-refractivity contribution in [3.63, 3.8) is 0 Å². The second-order valence-electron chi connectivity index (χ2n) is 6.06. The van der Waals surface area contributed by atoms with Crippen LogP contribution >= 0.6 is 0 Å². The van der Waals surface area contributed by atoms with Gasteiger partial charge >= 0.3 is 0 Å². The van der Waals surface area contributed by atoms with Gasteiger partial charge in [-0.15, -0.1) is 0 Å². The van der Waals surface area contributed by atoms with Crippen LogP contribution in [0, 0.1) is 0 Å². The third-order valence-corrected chi connectivity index (χ3v) is 4.33. The maximum absolute atomic E-state index is 11.6. The van der Waals surface area contributed by atoms with Gasteiger partial charge in [-0.1, -0.05) is 6.07 Å². The van der Waals surface area contributed by atoms with Gasteiger partial charge in [-0.3, -0.25) is 9.69 Å². The number of piperidine rings is 1. The molecule has 6 heteroatoms. The fraction of sp³-hybridized carbons (Fsp3) is 0.389. The van der Waals surface area contributed by atoms with Crippen LogP contribution in [0.5, 0.6) is 0 Å². The number of carbonyl (C=O) groups excluding carboxylic acids is 1. The van der Waals surface area contributed by atoms with Crippen LogP contribution in [0.3, 0.4) is 0 Å². The van der Waals surface area contributed by atoms with E-state index in [-0.39, 0.29) is 5.91 Å². The Kier molecular flexibility index (Phi) is 5.38. The number of anilines is 2. The number of pyridine rings is 2. The van der Waals surface area contributed by atoms with Crippen molar-refractivity contribution in [3.8, 4) is 0 Å². The Labute approximate surface area is 142 Å². The molecule has 0 radical (unpaired) electrons. The van der Waals surface area contributed by atoms with Gasteiger partial charge < -0.3 is 10.6 Å². The minimum absolute atomic E-state index is 0.0721. The van der Waals surface area contributed by atoms with Gasteiger partial charge in [-0.2, -0.15) is 0 Å². The molecular weight excluding hydrogens is 302 g/mol. The predicted octanol–water partition coefficient (Wildman–Crippen LogP) is 2.15. The van der Waals surface area contributed by atoms with E-state index in [1.807, 2.05) is 24.4 Å². The molecule has 2 N–H and O–H groups in total. The van der Waals surface area contributed by atoms with E-state index in [1.54, 1.807) is 13.2 Å². The van der Waals surface area contributed by atoms with Gasteiger partial charge in [-0.05, 0) is 55.1 Å². The highest BCUT2D eigenvalue weighted by Crippen LogP contribution is 2.28. The van der Waals surface area contributed by atoms with Crippen molar-refractivity contribution in [2.24, 2.45) is 0 Å². The number of hydrogen-bond acceptors (Lipinski definition) is 5. The molecule has 0 saturated carbocycles. The van der Waals surface area contributed by atoms with Gasteiger partial charge in [0.25, 0.3) is 0 Å². The van der Waals surface area contributed by atoms with Gasteiger partial charge in [0.15, 0.2) is 0 Å². The number of nitrogens with zero attached hydrogens (tertiary/aromatic N) is 3. The first-order valence-corrected chi connectivity index (χ1v) is 8.31. The van der Waals surface area contributed by atoms with Crippen molar-refractivity contribution in [1.82, 2.24) is 20.2 Å². The zero-order valence-corrected chi connectivity index (χ0v) is 13.9. The molecule has 1 fully saturated rings. The first kappa shape index (κ1) is 16.4. The number of likely N-dealkylation sites (N-methyl/N-ethyl adjacent to an activating group) is 1. The maximum Gasteiger partial charge on any atom is 0.233 e. The quantitative estimate of drug-likeness (QED) is 0.881. The minimum Gasteiger partial charge on any atom is -0.358 e. The molecule has 2 aromatic heterocycles. The van der Waals surface area contributed by atoms with Crippen molar-refractivity contribution in [2.45, 2.75) is 18.8 Å². The second-order valence-corrected chi connectivity index (χ2v) is 6.06. The smallest absolute Gasteiger partial charge is 0.233 e. The van der Waals surface area contributed by atoms with Gasteiger partial charge in [0.2, 0.25) is 5.91 Å². The van der Waals surface area contributed by atoms with Crippen LogP contribution in [-0.2, 0) is 4.79 Å². The molecule has 6 nitrogen and oxygen atoms in total. The molecule has 0 aliphatic carbocycles. The zero-order valence-electron chi connectivity index (χ0n) is 13.9. The normalized spacial score (nSPS) is 18.1. The lowest BCUT2D eigenvalue weighted by Gasteiger charge is -2.32. The van der Waals surface area contributed by atoms with E-state index < -0.39 is 0 Å². The number of carbonyl (C=O) groups is 1. The van der Waals surface area contributed by atoms with Crippen LogP contribution in [-0.4, -0.2) is 47.5 Å². The summed E-state index contributed by atoms with van der Waals surface area (Å²) < 4.78 is 0. The van der Waals surface area contributed by atoms with Crippen molar-refractivity contribution < 1.29 is 4.79 Å². The summed E-state index contributed by atoms with van der Waals surface area (Å²) in [7, 11) is 1.68. The predicted molar refractivity (Wildman–Crippen MR) is 94.2 cm³/mol. The summed E-state index contributed by atoms with van der Waals surface area (Å²) in [5.74, 6) is 2.08. The molecule has 1 atom stereocenters. The Balaban J connectivity index is 1.68. The average molecular weight is 325 g/mol. The van der Waals surface area contributed by atoms with Gasteiger partial charge in [0, 0.05) is 26.0 Å². The molecule has 0 spiro atoms. The van der Waals surface area contributed by atoms with Crippen molar-refractivity contribution in [2.75, 3.05) is 32.0 Å². The Hall–Kier alpha value is -2.47. The van der Waals surface area contributed by atoms with E-state index in [0.717, 1.165) is 37.6 Å². The molecule has 3 heterocycles. The summed E-state index contributed by atoms with van der Waals surface area (Å²) in [5.41, 5.74) is 1.25. The van der Waals surface area contributed by atoms with E-state index in [1.165, 1.54) is 5.56 Å². The summed E-state index contributed by atoms with van der Waals surface area (Å²) >= 11 is 0. The topological polar surface area (TPSA) is 70.2 Å². The van der Waals surface area contributed by atoms with Crippen molar-refractivity contribution in [1.29, 1.82) is 0 Å². The number of likely N-dealkylation sites (tertiary alicyclic amines) is 1. The van der Waals surface area contributed by atoms with Crippen molar-refractivity contribution >= 4 is 17.5 Å². The Morgan fingerprint density at radius 2 is 2.12 bits per heavy atom. The highest BCUT2D eigenvalue weighted by Gasteiger charge is 2.22. The number of rotatable bonds is 5. The standard InChI is InChI=1S/C18H23N5O/c1-19-18(24)13-23-10-4-5-15(12-23)14-7-9-21-17(11-14)22-16-6-2-3-8-20-16/h2-3,6-9,11,15H,4-5,10,12-13H2,1H3,(H,19,24)(H,20,21,22)/t15-/m0/s1. The number of hydrogen-bond donors (Lipinski definition) is 2. The molecule has 126 valence electrons. The summed E-state index contributed by atoms with van der Waals surface area (Å²) in [6.07, 6.45) is 5.83. The van der Waals surface area contributed by atoms with E-state index in [4.69, 9.17) is 0 Å². The highest BCUT2D eigenvalue weighted by molar-refractivity contribution is 5.77. The third-order valence-electron chi connectivity index (χ3n) is 4.33. The van der Waals surface area contributed by atoms with Crippen molar-refractivity contribution in [3.05, 3.63) is 48.3 Å². The van der Waals surface area contributed by atoms with Gasteiger partial charge in [0.1, 0.15) is 11.6 Å².